The Morgan fingerprint density at radius 2 is 1.84 bits per heavy atom. The number of likely N-dealkylation sites (tertiary alicyclic amines) is 1. The number of piperidine rings is 1. The molecule has 170 valence electrons. The molecule has 32 heavy (non-hydrogen) atoms. The van der Waals surface area contributed by atoms with Gasteiger partial charge in [-0.1, -0.05) is 30.7 Å². The van der Waals surface area contributed by atoms with Gasteiger partial charge in [-0.15, -0.1) is 0 Å². The number of amides is 3. The number of nitrogens with zero attached hydrogens (tertiary/aromatic N) is 3. The van der Waals surface area contributed by atoms with Crippen LogP contribution in [0.1, 0.15) is 36.0 Å². The van der Waals surface area contributed by atoms with Crippen LogP contribution in [0.25, 0.3) is 0 Å². The zero-order valence-electron chi connectivity index (χ0n) is 19.0. The summed E-state index contributed by atoms with van der Waals surface area (Å²) >= 11 is 0. The van der Waals surface area contributed by atoms with Gasteiger partial charge in [-0.3, -0.25) is 14.6 Å². The summed E-state index contributed by atoms with van der Waals surface area (Å²) in [4.78, 5) is 32.4. The Kier molecular flexibility index (Phi) is 7.07. The van der Waals surface area contributed by atoms with Crippen molar-refractivity contribution in [1.82, 2.24) is 15.1 Å². The number of fused-ring (bicyclic) bond motifs is 2. The predicted octanol–water partition coefficient (Wildman–Crippen LogP) is 3.91. The molecule has 3 amide bonds. The maximum atomic E-state index is 13.3. The Bertz CT molecular complexity index is 961. The van der Waals surface area contributed by atoms with Crippen molar-refractivity contribution in [2.75, 3.05) is 50.5 Å². The number of urea groups is 1. The third kappa shape index (κ3) is 4.95. The summed E-state index contributed by atoms with van der Waals surface area (Å²) in [5, 5.41) is 6.01. The second-order valence-corrected chi connectivity index (χ2v) is 8.86. The molecule has 7 heteroatoms. The minimum atomic E-state index is -0.218. The van der Waals surface area contributed by atoms with Crippen LogP contribution in [-0.4, -0.2) is 68.1 Å². The minimum Gasteiger partial charge on any atom is -0.337 e. The van der Waals surface area contributed by atoms with E-state index in [2.05, 4.69) is 34.5 Å². The van der Waals surface area contributed by atoms with Gasteiger partial charge in [0.05, 0.1) is 22.6 Å². The van der Waals surface area contributed by atoms with Gasteiger partial charge in [0.15, 0.2) is 0 Å². The molecule has 2 aromatic carbocycles. The molecule has 2 aromatic rings. The highest BCUT2D eigenvalue weighted by Gasteiger charge is 2.29. The highest BCUT2D eigenvalue weighted by Crippen LogP contribution is 2.37. The van der Waals surface area contributed by atoms with E-state index in [-0.39, 0.29) is 11.9 Å². The van der Waals surface area contributed by atoms with Gasteiger partial charge in [0.2, 0.25) is 0 Å². The van der Waals surface area contributed by atoms with Crippen LogP contribution < -0.4 is 15.5 Å². The quantitative estimate of drug-likeness (QED) is 0.675. The number of hydrogen-bond donors (Lipinski definition) is 2. The van der Waals surface area contributed by atoms with Gasteiger partial charge in [0, 0.05) is 25.7 Å². The Balaban J connectivity index is 1.43. The Morgan fingerprint density at radius 1 is 1.09 bits per heavy atom. The first-order chi connectivity index (χ1) is 15.5. The van der Waals surface area contributed by atoms with Crippen molar-refractivity contribution >= 4 is 29.0 Å². The van der Waals surface area contributed by atoms with Crippen LogP contribution >= 0.6 is 0 Å². The number of benzene rings is 2. The number of para-hydroxylation sites is 3. The van der Waals surface area contributed by atoms with Crippen LogP contribution in [0.3, 0.4) is 0 Å². The van der Waals surface area contributed by atoms with E-state index < -0.39 is 0 Å². The number of hydrogen-bond acceptors (Lipinski definition) is 4. The molecule has 0 bridgehead atoms. The molecule has 7 nitrogen and oxygen atoms in total. The third-order valence-electron chi connectivity index (χ3n) is 6.21. The van der Waals surface area contributed by atoms with Gasteiger partial charge >= 0.3 is 6.03 Å². The molecule has 1 fully saturated rings. The van der Waals surface area contributed by atoms with Gasteiger partial charge in [-0.2, -0.15) is 0 Å². The molecule has 2 N–H and O–H groups in total. The predicted molar refractivity (Wildman–Crippen MR) is 129 cm³/mol. The van der Waals surface area contributed by atoms with Crippen LogP contribution in [0.5, 0.6) is 0 Å². The summed E-state index contributed by atoms with van der Waals surface area (Å²) < 4.78 is 0. The van der Waals surface area contributed by atoms with E-state index in [1.807, 2.05) is 42.5 Å². The van der Waals surface area contributed by atoms with Crippen molar-refractivity contribution < 1.29 is 9.59 Å². The van der Waals surface area contributed by atoms with Crippen molar-refractivity contribution in [3.05, 3.63) is 54.1 Å². The average Bonchev–Trinajstić information content (AvgIpc) is 2.91. The summed E-state index contributed by atoms with van der Waals surface area (Å²) in [6, 6.07) is 15.0. The first-order valence-electron chi connectivity index (χ1n) is 11.5. The molecule has 0 spiro atoms. The zero-order chi connectivity index (χ0) is 22.5. The van der Waals surface area contributed by atoms with E-state index in [9.17, 15) is 9.59 Å². The third-order valence-corrected chi connectivity index (χ3v) is 6.21. The van der Waals surface area contributed by atoms with Crippen LogP contribution in [0, 0.1) is 0 Å². The molecule has 0 saturated carbocycles. The largest absolute Gasteiger partial charge is 0.337 e. The van der Waals surface area contributed by atoms with Gasteiger partial charge in [-0.25, -0.2) is 4.79 Å². The molecular weight excluding hydrogens is 402 g/mol. The number of anilines is 3. The molecule has 1 unspecified atom stereocenters. The maximum Gasteiger partial charge on any atom is 0.326 e. The SMILES string of the molecule is CN(C)CC1CCCCN1CCCNC(=O)N1c2ccccc2NC(=O)c2ccccc21. The van der Waals surface area contributed by atoms with Crippen LogP contribution in [-0.2, 0) is 0 Å². The topological polar surface area (TPSA) is 67.9 Å². The average molecular weight is 436 g/mol. The van der Waals surface area contributed by atoms with Crippen LogP contribution in [0.4, 0.5) is 21.9 Å². The standard InChI is InChI=1S/C25H33N5O2/c1-28(2)18-19-10-7-8-16-29(19)17-9-15-26-25(32)30-22-13-5-3-11-20(22)24(31)27-21-12-4-6-14-23(21)30/h3-6,11-14,19H,7-10,15-18H2,1-2H3,(H,26,32)(H,27,31). The van der Waals surface area contributed by atoms with E-state index in [0.717, 1.165) is 26.1 Å². The first-order valence-corrected chi connectivity index (χ1v) is 11.5. The second-order valence-electron chi connectivity index (χ2n) is 8.86. The Hall–Kier alpha value is -2.90. The van der Waals surface area contributed by atoms with E-state index >= 15 is 0 Å². The molecular formula is C25H33N5O2. The Labute approximate surface area is 190 Å². The lowest BCUT2D eigenvalue weighted by atomic mass is 10.0. The normalized spacial score (nSPS) is 18.5. The van der Waals surface area contributed by atoms with E-state index in [1.165, 1.54) is 19.3 Å². The minimum absolute atomic E-state index is 0.208. The number of carbonyl (C=O) groups is 2. The smallest absolute Gasteiger partial charge is 0.326 e. The molecule has 2 heterocycles. The lowest BCUT2D eigenvalue weighted by molar-refractivity contribution is 0.102. The van der Waals surface area contributed by atoms with Gasteiger partial charge in [0.1, 0.15) is 0 Å². The van der Waals surface area contributed by atoms with Gasteiger partial charge in [0.25, 0.3) is 5.91 Å². The van der Waals surface area contributed by atoms with Crippen molar-refractivity contribution in [2.24, 2.45) is 0 Å². The van der Waals surface area contributed by atoms with E-state index in [1.54, 1.807) is 11.0 Å². The summed E-state index contributed by atoms with van der Waals surface area (Å²) in [6.45, 7) is 3.78. The molecule has 2 aliphatic rings. The summed E-state index contributed by atoms with van der Waals surface area (Å²) in [6.07, 6.45) is 4.68. The summed E-state index contributed by atoms with van der Waals surface area (Å²) in [7, 11) is 4.26. The highest BCUT2D eigenvalue weighted by atomic mass is 16.2. The zero-order valence-corrected chi connectivity index (χ0v) is 19.0. The van der Waals surface area contributed by atoms with E-state index in [0.29, 0.717) is 35.2 Å². The van der Waals surface area contributed by atoms with Crippen LogP contribution in [0.15, 0.2) is 48.5 Å². The van der Waals surface area contributed by atoms with Crippen molar-refractivity contribution in [3.63, 3.8) is 0 Å². The number of carbonyl (C=O) groups excluding carboxylic acids is 2. The fraction of sp³-hybridized carbons (Fsp3) is 0.440. The molecule has 2 aliphatic heterocycles. The Morgan fingerprint density at radius 3 is 2.66 bits per heavy atom. The molecule has 0 radical (unpaired) electrons. The molecule has 0 aliphatic carbocycles. The number of rotatable bonds is 6. The lowest BCUT2D eigenvalue weighted by Crippen LogP contribution is -2.46. The van der Waals surface area contributed by atoms with Crippen molar-refractivity contribution in [3.8, 4) is 0 Å². The van der Waals surface area contributed by atoms with E-state index in [4.69, 9.17) is 0 Å². The molecule has 1 atom stereocenters. The van der Waals surface area contributed by atoms with Gasteiger partial charge in [-0.05, 0) is 64.2 Å². The highest BCUT2D eigenvalue weighted by molar-refractivity contribution is 6.17. The molecule has 1 saturated heterocycles. The lowest BCUT2D eigenvalue weighted by Gasteiger charge is -2.37. The first kappa shape index (κ1) is 22.3. The number of nitrogens with one attached hydrogen (secondary N) is 2. The molecule has 4 rings (SSSR count). The number of likely N-dealkylation sites (N-methyl/N-ethyl adjacent to an activating group) is 1. The van der Waals surface area contributed by atoms with Gasteiger partial charge < -0.3 is 15.5 Å². The second kappa shape index (κ2) is 10.1. The summed E-state index contributed by atoms with van der Waals surface area (Å²) in [5.74, 6) is -0.208. The maximum absolute atomic E-state index is 13.3. The summed E-state index contributed by atoms with van der Waals surface area (Å²) in [5.41, 5.74) is 2.38. The van der Waals surface area contributed by atoms with Crippen molar-refractivity contribution in [1.29, 1.82) is 0 Å². The van der Waals surface area contributed by atoms with Crippen LogP contribution in [0.2, 0.25) is 0 Å². The monoisotopic (exact) mass is 435 g/mol. The molecule has 0 aromatic heterocycles. The fourth-order valence-corrected chi connectivity index (χ4v) is 4.71. The van der Waals surface area contributed by atoms with Crippen molar-refractivity contribution in [2.45, 2.75) is 31.7 Å². The fourth-order valence-electron chi connectivity index (χ4n) is 4.71.